The van der Waals surface area contributed by atoms with Gasteiger partial charge in [0.25, 0.3) is 0 Å². The maximum absolute atomic E-state index is 5.83. The first-order chi connectivity index (χ1) is 8.58. The molecule has 0 unspecified atom stereocenters. The van der Waals surface area contributed by atoms with Crippen LogP contribution in [0, 0.1) is 0 Å². The van der Waals surface area contributed by atoms with Crippen molar-refractivity contribution in [3.05, 3.63) is 40.4 Å². The van der Waals surface area contributed by atoms with Crippen molar-refractivity contribution < 1.29 is 4.74 Å². The van der Waals surface area contributed by atoms with Crippen LogP contribution in [-0.2, 0) is 13.7 Å². The minimum absolute atomic E-state index is 0.414. The number of rotatable bonds is 4. The number of halogens is 1. The summed E-state index contributed by atoms with van der Waals surface area (Å²) < 4.78 is 8.76. The smallest absolute Gasteiger partial charge is 0.170 e. The first kappa shape index (κ1) is 13.1. The average Bonchev–Trinajstić information content (AvgIpc) is 2.73. The van der Waals surface area contributed by atoms with Crippen LogP contribution < -0.4 is 4.74 Å². The van der Waals surface area contributed by atoms with Gasteiger partial charge < -0.3 is 9.30 Å². The number of nitrogens with zero attached hydrogens (tertiary/aromatic N) is 3. The highest BCUT2D eigenvalue weighted by Crippen LogP contribution is 2.29. The second-order valence-corrected chi connectivity index (χ2v) is 5.40. The van der Waals surface area contributed by atoms with E-state index < -0.39 is 0 Å². The fourth-order valence-corrected chi connectivity index (χ4v) is 2.06. The predicted octanol–water partition coefficient (Wildman–Crippen LogP) is 3.28. The van der Waals surface area contributed by atoms with Gasteiger partial charge >= 0.3 is 0 Å². The predicted molar refractivity (Wildman–Crippen MR) is 73.6 cm³/mol. The molecule has 0 aliphatic rings. The van der Waals surface area contributed by atoms with Gasteiger partial charge in [-0.05, 0) is 29.7 Å². The molecular formula is C13H16BrN3O. The number of aromatic nitrogens is 3. The van der Waals surface area contributed by atoms with Gasteiger partial charge in [0.15, 0.2) is 5.82 Å². The Bertz CT molecular complexity index is 537. The minimum Gasteiger partial charge on any atom is -0.485 e. The maximum Gasteiger partial charge on any atom is 0.170 e. The molecule has 1 heterocycles. The molecule has 0 saturated carbocycles. The van der Waals surface area contributed by atoms with E-state index in [4.69, 9.17) is 4.74 Å². The monoisotopic (exact) mass is 309 g/mol. The third-order valence-corrected chi connectivity index (χ3v) is 3.25. The van der Waals surface area contributed by atoms with Crippen LogP contribution in [0.1, 0.15) is 31.2 Å². The highest BCUT2D eigenvalue weighted by molar-refractivity contribution is 9.10. The lowest BCUT2D eigenvalue weighted by Gasteiger charge is -2.14. The number of aryl methyl sites for hydroxylation is 1. The molecule has 0 amide bonds. The molecule has 4 nitrogen and oxygen atoms in total. The van der Waals surface area contributed by atoms with Gasteiger partial charge in [0, 0.05) is 11.5 Å². The van der Waals surface area contributed by atoms with Gasteiger partial charge in [-0.3, -0.25) is 0 Å². The molecule has 0 aliphatic heterocycles. The SMILES string of the molecule is CC(C)c1cc(Br)ccc1OCc1nncn1C. The Hall–Kier alpha value is -1.36. The van der Waals surface area contributed by atoms with Crippen LogP contribution >= 0.6 is 15.9 Å². The Morgan fingerprint density at radius 1 is 1.39 bits per heavy atom. The fourth-order valence-electron chi connectivity index (χ4n) is 1.68. The summed E-state index contributed by atoms with van der Waals surface area (Å²) >= 11 is 3.48. The number of benzene rings is 1. The van der Waals surface area contributed by atoms with Gasteiger partial charge in [-0.1, -0.05) is 29.8 Å². The van der Waals surface area contributed by atoms with Gasteiger partial charge in [-0.15, -0.1) is 10.2 Å². The standard InChI is InChI=1S/C13H16BrN3O/c1-9(2)11-6-10(14)4-5-12(11)18-7-13-16-15-8-17(13)3/h4-6,8-9H,7H2,1-3H3. The molecule has 0 spiro atoms. The van der Waals surface area contributed by atoms with Gasteiger partial charge in [0.05, 0.1) is 0 Å². The van der Waals surface area contributed by atoms with Crippen LogP contribution in [-0.4, -0.2) is 14.8 Å². The second-order valence-electron chi connectivity index (χ2n) is 4.48. The Morgan fingerprint density at radius 2 is 2.17 bits per heavy atom. The topological polar surface area (TPSA) is 39.9 Å². The lowest BCUT2D eigenvalue weighted by atomic mass is 10.0. The fraction of sp³-hybridized carbons (Fsp3) is 0.385. The molecule has 0 atom stereocenters. The van der Waals surface area contributed by atoms with Crippen molar-refractivity contribution in [3.63, 3.8) is 0 Å². The molecule has 96 valence electrons. The summed E-state index contributed by atoms with van der Waals surface area (Å²) in [6.45, 7) is 4.73. The zero-order valence-electron chi connectivity index (χ0n) is 10.7. The van der Waals surface area contributed by atoms with Crippen molar-refractivity contribution in [1.82, 2.24) is 14.8 Å². The van der Waals surface area contributed by atoms with Crippen molar-refractivity contribution in [3.8, 4) is 5.75 Å². The Labute approximate surface area is 115 Å². The third kappa shape index (κ3) is 2.90. The summed E-state index contributed by atoms with van der Waals surface area (Å²) in [7, 11) is 1.91. The zero-order chi connectivity index (χ0) is 13.1. The molecule has 0 fully saturated rings. The second kappa shape index (κ2) is 5.52. The van der Waals surface area contributed by atoms with Crippen LogP contribution in [0.15, 0.2) is 29.0 Å². The number of ether oxygens (including phenoxy) is 1. The molecule has 0 aliphatic carbocycles. The van der Waals surface area contributed by atoms with Crippen molar-refractivity contribution in [2.75, 3.05) is 0 Å². The van der Waals surface area contributed by atoms with E-state index in [9.17, 15) is 0 Å². The van der Waals surface area contributed by atoms with E-state index in [1.54, 1.807) is 6.33 Å². The van der Waals surface area contributed by atoms with Gasteiger partial charge in [-0.2, -0.15) is 0 Å². The summed E-state index contributed by atoms with van der Waals surface area (Å²) in [6.07, 6.45) is 1.67. The van der Waals surface area contributed by atoms with Crippen molar-refractivity contribution in [2.24, 2.45) is 7.05 Å². The summed E-state index contributed by atoms with van der Waals surface area (Å²) in [6, 6.07) is 6.06. The van der Waals surface area contributed by atoms with E-state index in [1.165, 1.54) is 5.56 Å². The molecule has 1 aromatic carbocycles. The van der Waals surface area contributed by atoms with E-state index >= 15 is 0 Å². The largest absolute Gasteiger partial charge is 0.485 e. The van der Waals surface area contributed by atoms with Gasteiger partial charge in [0.1, 0.15) is 18.7 Å². The third-order valence-electron chi connectivity index (χ3n) is 2.76. The van der Waals surface area contributed by atoms with E-state index in [1.807, 2.05) is 23.7 Å². The lowest BCUT2D eigenvalue weighted by Crippen LogP contribution is -2.05. The molecule has 0 radical (unpaired) electrons. The summed E-state index contributed by atoms with van der Waals surface area (Å²) in [4.78, 5) is 0. The highest BCUT2D eigenvalue weighted by atomic mass is 79.9. The summed E-state index contributed by atoms with van der Waals surface area (Å²) in [5.41, 5.74) is 1.19. The molecule has 0 saturated heterocycles. The molecule has 0 bridgehead atoms. The van der Waals surface area contributed by atoms with Crippen molar-refractivity contribution >= 4 is 15.9 Å². The highest BCUT2D eigenvalue weighted by Gasteiger charge is 2.10. The van der Waals surface area contributed by atoms with E-state index in [0.29, 0.717) is 12.5 Å². The van der Waals surface area contributed by atoms with Crippen LogP contribution in [0.25, 0.3) is 0 Å². The Kier molecular flexibility index (Phi) is 4.01. The number of hydrogen-bond donors (Lipinski definition) is 0. The quantitative estimate of drug-likeness (QED) is 0.870. The van der Waals surface area contributed by atoms with Gasteiger partial charge in [-0.25, -0.2) is 0 Å². The molecule has 2 aromatic rings. The Balaban J connectivity index is 2.16. The maximum atomic E-state index is 5.83. The molecule has 0 N–H and O–H groups in total. The Morgan fingerprint density at radius 3 is 2.78 bits per heavy atom. The van der Waals surface area contributed by atoms with E-state index in [0.717, 1.165) is 16.0 Å². The molecule has 2 rings (SSSR count). The van der Waals surface area contributed by atoms with E-state index in [-0.39, 0.29) is 0 Å². The molecule has 5 heteroatoms. The number of hydrogen-bond acceptors (Lipinski definition) is 3. The van der Waals surface area contributed by atoms with Crippen molar-refractivity contribution in [1.29, 1.82) is 0 Å². The molecular weight excluding hydrogens is 294 g/mol. The average molecular weight is 310 g/mol. The summed E-state index contributed by atoms with van der Waals surface area (Å²) in [5, 5.41) is 7.83. The normalized spacial score (nSPS) is 10.9. The first-order valence-electron chi connectivity index (χ1n) is 5.83. The van der Waals surface area contributed by atoms with Gasteiger partial charge in [0.2, 0.25) is 0 Å². The summed E-state index contributed by atoms with van der Waals surface area (Å²) in [5.74, 6) is 2.13. The van der Waals surface area contributed by atoms with E-state index in [2.05, 4.69) is 46.0 Å². The van der Waals surface area contributed by atoms with Crippen molar-refractivity contribution in [2.45, 2.75) is 26.4 Å². The first-order valence-corrected chi connectivity index (χ1v) is 6.62. The molecule has 1 aromatic heterocycles. The minimum atomic E-state index is 0.414. The van der Waals surface area contributed by atoms with Crippen LogP contribution in [0.3, 0.4) is 0 Å². The zero-order valence-corrected chi connectivity index (χ0v) is 12.3. The van der Waals surface area contributed by atoms with Crippen LogP contribution in [0.2, 0.25) is 0 Å². The van der Waals surface area contributed by atoms with Crippen LogP contribution in [0.5, 0.6) is 5.75 Å². The molecule has 18 heavy (non-hydrogen) atoms. The lowest BCUT2D eigenvalue weighted by molar-refractivity contribution is 0.287. The van der Waals surface area contributed by atoms with Crippen LogP contribution in [0.4, 0.5) is 0 Å².